The zero-order valence-electron chi connectivity index (χ0n) is 11.6. The first-order valence-corrected chi connectivity index (χ1v) is 7.68. The van der Waals surface area contributed by atoms with Crippen LogP contribution in [0.4, 0.5) is 0 Å². The van der Waals surface area contributed by atoms with Crippen LogP contribution >= 0.6 is 15.9 Å². The van der Waals surface area contributed by atoms with Crippen molar-refractivity contribution in [2.24, 2.45) is 5.92 Å². The van der Waals surface area contributed by atoms with E-state index >= 15 is 0 Å². The van der Waals surface area contributed by atoms with E-state index in [9.17, 15) is 4.79 Å². The minimum atomic E-state index is 0.0111. The third-order valence-electron chi connectivity index (χ3n) is 3.74. The third kappa shape index (κ3) is 3.52. The molecular formula is C15H20BrNO3. The number of amides is 1. The molecule has 1 unspecified atom stereocenters. The molecule has 1 fully saturated rings. The molecule has 2 rings (SSSR count). The predicted molar refractivity (Wildman–Crippen MR) is 81.0 cm³/mol. The van der Waals surface area contributed by atoms with Crippen LogP contribution in [0.3, 0.4) is 0 Å². The summed E-state index contributed by atoms with van der Waals surface area (Å²) in [5.41, 5.74) is 0.598. The Bertz CT molecular complexity index is 476. The van der Waals surface area contributed by atoms with E-state index in [1.54, 1.807) is 13.2 Å². The fourth-order valence-electron chi connectivity index (χ4n) is 2.68. The van der Waals surface area contributed by atoms with Crippen LogP contribution in [-0.4, -0.2) is 42.7 Å². The van der Waals surface area contributed by atoms with Crippen LogP contribution < -0.4 is 4.74 Å². The summed E-state index contributed by atoms with van der Waals surface area (Å²) in [6.45, 7) is 1.69. The number of aliphatic hydroxyl groups is 1. The largest absolute Gasteiger partial charge is 0.496 e. The molecule has 1 N–H and O–H groups in total. The second-order valence-electron chi connectivity index (χ2n) is 5.12. The van der Waals surface area contributed by atoms with Crippen LogP contribution in [0.15, 0.2) is 22.7 Å². The van der Waals surface area contributed by atoms with Gasteiger partial charge in [-0.25, -0.2) is 0 Å². The van der Waals surface area contributed by atoms with Crippen molar-refractivity contribution in [3.05, 3.63) is 28.2 Å². The normalized spacial score (nSPS) is 18.9. The molecule has 1 heterocycles. The van der Waals surface area contributed by atoms with E-state index in [0.717, 1.165) is 36.8 Å². The monoisotopic (exact) mass is 341 g/mol. The number of nitrogens with zero attached hydrogens (tertiary/aromatic N) is 1. The summed E-state index contributed by atoms with van der Waals surface area (Å²) in [7, 11) is 1.57. The topological polar surface area (TPSA) is 49.8 Å². The number of methoxy groups -OCH3 is 1. The fraction of sp³-hybridized carbons (Fsp3) is 0.533. The number of carbonyl (C=O) groups is 1. The van der Waals surface area contributed by atoms with Gasteiger partial charge in [0.2, 0.25) is 0 Å². The summed E-state index contributed by atoms with van der Waals surface area (Å²) >= 11 is 3.38. The Morgan fingerprint density at radius 2 is 2.35 bits per heavy atom. The number of hydrogen-bond donors (Lipinski definition) is 1. The van der Waals surface area contributed by atoms with Gasteiger partial charge in [0.1, 0.15) is 5.75 Å². The molecule has 0 spiro atoms. The van der Waals surface area contributed by atoms with Crippen LogP contribution in [-0.2, 0) is 0 Å². The van der Waals surface area contributed by atoms with E-state index in [2.05, 4.69) is 15.9 Å². The van der Waals surface area contributed by atoms with Crippen molar-refractivity contribution in [3.8, 4) is 5.75 Å². The average Bonchev–Trinajstić information content (AvgIpc) is 2.47. The molecule has 1 aliphatic rings. The molecule has 1 aromatic carbocycles. The van der Waals surface area contributed by atoms with Gasteiger partial charge in [0, 0.05) is 24.2 Å². The molecule has 1 saturated heterocycles. The van der Waals surface area contributed by atoms with Crippen LogP contribution in [0.5, 0.6) is 5.75 Å². The Labute approximate surface area is 127 Å². The highest BCUT2D eigenvalue weighted by Crippen LogP contribution is 2.27. The second-order valence-corrected chi connectivity index (χ2v) is 6.03. The minimum Gasteiger partial charge on any atom is -0.496 e. The number of carbonyl (C=O) groups excluding carboxylic acids is 1. The molecule has 1 atom stereocenters. The molecular weight excluding hydrogens is 322 g/mol. The molecule has 1 amide bonds. The van der Waals surface area contributed by atoms with Gasteiger partial charge in [-0.1, -0.05) is 15.9 Å². The lowest BCUT2D eigenvalue weighted by atomic mass is 9.94. The van der Waals surface area contributed by atoms with Gasteiger partial charge in [-0.3, -0.25) is 4.79 Å². The van der Waals surface area contributed by atoms with Crippen molar-refractivity contribution in [1.82, 2.24) is 4.90 Å². The quantitative estimate of drug-likeness (QED) is 0.915. The Morgan fingerprint density at radius 1 is 1.55 bits per heavy atom. The minimum absolute atomic E-state index is 0.0111. The van der Waals surface area contributed by atoms with E-state index < -0.39 is 0 Å². The van der Waals surface area contributed by atoms with Crippen LogP contribution in [0.2, 0.25) is 0 Å². The zero-order chi connectivity index (χ0) is 14.5. The van der Waals surface area contributed by atoms with Crippen LogP contribution in [0.25, 0.3) is 0 Å². The highest BCUT2D eigenvalue weighted by molar-refractivity contribution is 9.10. The molecule has 0 radical (unpaired) electrons. The van der Waals surface area contributed by atoms with Crippen molar-refractivity contribution in [2.75, 3.05) is 26.8 Å². The first-order valence-electron chi connectivity index (χ1n) is 6.89. The summed E-state index contributed by atoms with van der Waals surface area (Å²) < 4.78 is 6.19. The van der Waals surface area contributed by atoms with Gasteiger partial charge in [0.25, 0.3) is 5.91 Å². The van der Waals surface area contributed by atoms with Gasteiger partial charge in [-0.05, 0) is 43.4 Å². The fourth-order valence-corrected chi connectivity index (χ4v) is 3.02. The van der Waals surface area contributed by atoms with Crippen molar-refractivity contribution in [3.63, 3.8) is 0 Å². The number of hydrogen-bond acceptors (Lipinski definition) is 3. The zero-order valence-corrected chi connectivity index (χ0v) is 13.2. The number of aliphatic hydroxyl groups excluding tert-OH is 1. The number of piperidine rings is 1. The van der Waals surface area contributed by atoms with Crippen molar-refractivity contribution in [2.45, 2.75) is 19.3 Å². The SMILES string of the molecule is COc1cc(Br)ccc1C(=O)N1CCCC(CCO)C1. The smallest absolute Gasteiger partial charge is 0.257 e. The second kappa shape index (κ2) is 7.09. The summed E-state index contributed by atoms with van der Waals surface area (Å²) in [5, 5.41) is 9.04. The number of benzene rings is 1. The maximum atomic E-state index is 12.6. The highest BCUT2D eigenvalue weighted by atomic mass is 79.9. The predicted octanol–water partition coefficient (Wildman–Crippen LogP) is 2.69. The number of likely N-dealkylation sites (tertiary alicyclic amines) is 1. The van der Waals surface area contributed by atoms with Gasteiger partial charge in [0.15, 0.2) is 0 Å². The summed E-state index contributed by atoms with van der Waals surface area (Å²) in [4.78, 5) is 14.5. The Hall–Kier alpha value is -1.07. The lowest BCUT2D eigenvalue weighted by molar-refractivity contribution is 0.0650. The molecule has 0 aliphatic carbocycles. The average molecular weight is 342 g/mol. The number of ether oxygens (including phenoxy) is 1. The Balaban J connectivity index is 2.14. The summed E-state index contributed by atoms with van der Waals surface area (Å²) in [6, 6.07) is 5.45. The number of rotatable bonds is 4. The first kappa shape index (κ1) is 15.3. The maximum absolute atomic E-state index is 12.6. The lowest BCUT2D eigenvalue weighted by Gasteiger charge is -2.33. The van der Waals surface area contributed by atoms with Crippen molar-refractivity contribution >= 4 is 21.8 Å². The van der Waals surface area contributed by atoms with E-state index in [4.69, 9.17) is 9.84 Å². The van der Waals surface area contributed by atoms with E-state index in [1.807, 2.05) is 17.0 Å². The maximum Gasteiger partial charge on any atom is 0.257 e. The molecule has 0 bridgehead atoms. The van der Waals surface area contributed by atoms with Gasteiger partial charge in [0.05, 0.1) is 12.7 Å². The molecule has 0 saturated carbocycles. The molecule has 4 nitrogen and oxygen atoms in total. The summed E-state index contributed by atoms with van der Waals surface area (Å²) in [6.07, 6.45) is 2.85. The van der Waals surface area contributed by atoms with Crippen LogP contribution in [0.1, 0.15) is 29.6 Å². The van der Waals surface area contributed by atoms with E-state index in [-0.39, 0.29) is 12.5 Å². The van der Waals surface area contributed by atoms with Gasteiger partial charge >= 0.3 is 0 Å². The molecule has 1 aliphatic heterocycles. The van der Waals surface area contributed by atoms with Gasteiger partial charge < -0.3 is 14.7 Å². The van der Waals surface area contributed by atoms with Crippen LogP contribution in [0, 0.1) is 5.92 Å². The molecule has 1 aromatic rings. The first-order chi connectivity index (χ1) is 9.65. The molecule has 110 valence electrons. The third-order valence-corrected chi connectivity index (χ3v) is 4.23. The summed E-state index contributed by atoms with van der Waals surface area (Å²) in [5.74, 6) is 1.00. The van der Waals surface area contributed by atoms with E-state index in [0.29, 0.717) is 17.2 Å². The Morgan fingerprint density at radius 3 is 3.05 bits per heavy atom. The molecule has 20 heavy (non-hydrogen) atoms. The van der Waals surface area contributed by atoms with Crippen molar-refractivity contribution in [1.29, 1.82) is 0 Å². The van der Waals surface area contributed by atoms with Gasteiger partial charge in [-0.2, -0.15) is 0 Å². The standard InChI is InChI=1S/C15H20BrNO3/c1-20-14-9-12(16)4-5-13(14)15(19)17-7-2-3-11(10-17)6-8-18/h4-5,9,11,18H,2-3,6-8,10H2,1H3. The lowest BCUT2D eigenvalue weighted by Crippen LogP contribution is -2.40. The Kier molecular flexibility index (Phi) is 5.43. The van der Waals surface area contributed by atoms with Gasteiger partial charge in [-0.15, -0.1) is 0 Å². The number of halogens is 1. The molecule has 0 aromatic heterocycles. The molecule has 5 heteroatoms. The van der Waals surface area contributed by atoms with Crippen molar-refractivity contribution < 1.29 is 14.6 Å². The van der Waals surface area contributed by atoms with E-state index in [1.165, 1.54) is 0 Å². The highest BCUT2D eigenvalue weighted by Gasteiger charge is 2.25.